The lowest BCUT2D eigenvalue weighted by Gasteiger charge is -2.27. The highest BCUT2D eigenvalue weighted by molar-refractivity contribution is 5.85. The molecule has 0 aliphatic heterocycles. The second kappa shape index (κ2) is 6.03. The van der Waals surface area contributed by atoms with E-state index >= 15 is 0 Å². The number of rotatable bonds is 4. The predicted octanol–water partition coefficient (Wildman–Crippen LogP) is 0.459. The number of hydrogen-bond acceptors (Lipinski definition) is 3. The maximum absolute atomic E-state index is 12.0. The minimum atomic E-state index is 0. The monoisotopic (exact) mass is 261 g/mol. The number of likely N-dealkylation sites (N-methyl/N-ethyl adjacent to an activating group) is 1. The van der Waals surface area contributed by atoms with Crippen molar-refractivity contribution in [1.29, 1.82) is 0 Å². The van der Waals surface area contributed by atoms with Gasteiger partial charge in [0, 0.05) is 19.1 Å². The molecule has 17 heavy (non-hydrogen) atoms. The summed E-state index contributed by atoms with van der Waals surface area (Å²) in [6.07, 6.45) is 3.60. The average molecular weight is 262 g/mol. The Kier molecular flexibility index (Phi) is 5.22. The van der Waals surface area contributed by atoms with Crippen LogP contribution in [0.25, 0.3) is 0 Å². The lowest BCUT2D eigenvalue weighted by Crippen LogP contribution is -2.46. The summed E-state index contributed by atoms with van der Waals surface area (Å²) in [6.45, 7) is 1.62. The van der Waals surface area contributed by atoms with E-state index in [2.05, 4.69) is 10.2 Å². The first-order valence-electron chi connectivity index (χ1n) is 6.27. The Balaban J connectivity index is 0.00000144. The molecule has 3 N–H and O–H groups in total. The zero-order chi connectivity index (χ0) is 11.7. The summed E-state index contributed by atoms with van der Waals surface area (Å²) in [5.74, 6) is 1.43. The Morgan fingerprint density at radius 2 is 2.00 bits per heavy atom. The summed E-state index contributed by atoms with van der Waals surface area (Å²) >= 11 is 0. The second-order valence-corrected chi connectivity index (χ2v) is 5.53. The fourth-order valence-electron chi connectivity index (χ4n) is 3.25. The minimum absolute atomic E-state index is 0. The molecule has 4 atom stereocenters. The molecule has 2 bridgehead atoms. The molecule has 5 heteroatoms. The standard InChI is InChI=1S/C12H23N3O.ClH/c1-15(2)6-5-14-12(16)10-8-3-4-9(7-8)11(10)13;/h8-11H,3-7,13H2,1-2H3,(H,14,16);1H. The van der Waals surface area contributed by atoms with E-state index in [4.69, 9.17) is 5.73 Å². The number of fused-ring (bicyclic) bond motifs is 2. The summed E-state index contributed by atoms with van der Waals surface area (Å²) in [7, 11) is 4.02. The zero-order valence-corrected chi connectivity index (χ0v) is 11.5. The van der Waals surface area contributed by atoms with Gasteiger partial charge in [-0.1, -0.05) is 0 Å². The molecule has 2 fully saturated rings. The maximum atomic E-state index is 12.0. The van der Waals surface area contributed by atoms with E-state index < -0.39 is 0 Å². The third-order valence-corrected chi connectivity index (χ3v) is 4.14. The van der Waals surface area contributed by atoms with E-state index in [1.165, 1.54) is 19.3 Å². The molecule has 0 radical (unpaired) electrons. The van der Waals surface area contributed by atoms with Crippen LogP contribution in [0, 0.1) is 17.8 Å². The number of hydrogen-bond donors (Lipinski definition) is 2. The molecule has 0 aromatic heterocycles. The molecule has 2 aliphatic carbocycles. The molecule has 100 valence electrons. The van der Waals surface area contributed by atoms with Gasteiger partial charge in [0.15, 0.2) is 0 Å². The number of amides is 1. The number of nitrogens with one attached hydrogen (secondary N) is 1. The predicted molar refractivity (Wildman–Crippen MR) is 71.1 cm³/mol. The Bertz CT molecular complexity index is 270. The topological polar surface area (TPSA) is 58.4 Å². The number of nitrogens with zero attached hydrogens (tertiary/aromatic N) is 1. The molecule has 0 aromatic carbocycles. The molecule has 2 rings (SSSR count). The van der Waals surface area contributed by atoms with Crippen LogP contribution < -0.4 is 11.1 Å². The van der Waals surface area contributed by atoms with Crippen LogP contribution in [0.2, 0.25) is 0 Å². The van der Waals surface area contributed by atoms with Crippen molar-refractivity contribution >= 4 is 18.3 Å². The fraction of sp³-hybridized carbons (Fsp3) is 0.917. The van der Waals surface area contributed by atoms with Crippen LogP contribution in [0.3, 0.4) is 0 Å². The van der Waals surface area contributed by atoms with Gasteiger partial charge >= 0.3 is 0 Å². The third-order valence-electron chi connectivity index (χ3n) is 4.14. The summed E-state index contributed by atoms with van der Waals surface area (Å²) < 4.78 is 0. The zero-order valence-electron chi connectivity index (χ0n) is 10.7. The van der Waals surface area contributed by atoms with Crippen LogP contribution in [-0.2, 0) is 4.79 Å². The SMILES string of the molecule is CN(C)CCNC(=O)C1C2CCC(C2)C1N.Cl. The summed E-state index contributed by atoms with van der Waals surface area (Å²) in [6, 6.07) is 0.109. The van der Waals surface area contributed by atoms with Crippen LogP contribution in [0.4, 0.5) is 0 Å². The van der Waals surface area contributed by atoms with Gasteiger partial charge in [-0.15, -0.1) is 12.4 Å². The van der Waals surface area contributed by atoms with Crippen molar-refractivity contribution in [2.45, 2.75) is 25.3 Å². The van der Waals surface area contributed by atoms with Gasteiger partial charge < -0.3 is 16.0 Å². The van der Waals surface area contributed by atoms with Crippen LogP contribution in [0.15, 0.2) is 0 Å². The molecule has 0 aromatic rings. The normalized spacial score (nSPS) is 34.8. The van der Waals surface area contributed by atoms with Crippen molar-refractivity contribution in [3.8, 4) is 0 Å². The number of halogens is 1. The highest BCUT2D eigenvalue weighted by Gasteiger charge is 2.48. The number of nitrogens with two attached hydrogens (primary N) is 1. The minimum Gasteiger partial charge on any atom is -0.355 e. The van der Waals surface area contributed by atoms with Crippen molar-refractivity contribution in [3.63, 3.8) is 0 Å². The molecule has 1 amide bonds. The molecular weight excluding hydrogens is 238 g/mol. The van der Waals surface area contributed by atoms with Gasteiger partial charge in [-0.05, 0) is 45.2 Å². The first-order valence-corrected chi connectivity index (χ1v) is 6.27. The summed E-state index contributed by atoms with van der Waals surface area (Å²) in [5, 5.41) is 3.01. The Morgan fingerprint density at radius 1 is 1.35 bits per heavy atom. The van der Waals surface area contributed by atoms with Gasteiger partial charge in [-0.2, -0.15) is 0 Å². The molecule has 0 heterocycles. The van der Waals surface area contributed by atoms with Crippen molar-refractivity contribution < 1.29 is 4.79 Å². The first kappa shape index (κ1) is 14.7. The third kappa shape index (κ3) is 3.12. The largest absolute Gasteiger partial charge is 0.355 e. The smallest absolute Gasteiger partial charge is 0.225 e. The Morgan fingerprint density at radius 3 is 2.53 bits per heavy atom. The van der Waals surface area contributed by atoms with E-state index in [1.54, 1.807) is 0 Å². The molecule has 2 aliphatic rings. The van der Waals surface area contributed by atoms with E-state index in [1.807, 2.05) is 14.1 Å². The van der Waals surface area contributed by atoms with E-state index in [0.29, 0.717) is 11.8 Å². The number of carbonyl (C=O) groups is 1. The average Bonchev–Trinajstić information content (AvgIpc) is 2.76. The highest BCUT2D eigenvalue weighted by Crippen LogP contribution is 2.47. The Hall–Kier alpha value is -0.320. The first-order chi connectivity index (χ1) is 7.59. The quantitative estimate of drug-likeness (QED) is 0.773. The molecule has 0 saturated heterocycles. The van der Waals surface area contributed by atoms with Crippen LogP contribution in [0.5, 0.6) is 0 Å². The molecule has 0 spiro atoms. The van der Waals surface area contributed by atoms with Gasteiger partial charge in [-0.25, -0.2) is 0 Å². The lowest BCUT2D eigenvalue weighted by atomic mass is 9.84. The Labute approximate surface area is 110 Å². The van der Waals surface area contributed by atoms with E-state index in [-0.39, 0.29) is 30.3 Å². The van der Waals surface area contributed by atoms with Gasteiger partial charge in [0.05, 0.1) is 5.92 Å². The summed E-state index contributed by atoms with van der Waals surface area (Å²) in [4.78, 5) is 14.1. The lowest BCUT2D eigenvalue weighted by molar-refractivity contribution is -0.127. The van der Waals surface area contributed by atoms with Crippen molar-refractivity contribution in [2.24, 2.45) is 23.5 Å². The van der Waals surface area contributed by atoms with Gasteiger partial charge in [0.2, 0.25) is 5.91 Å². The molecule has 4 nitrogen and oxygen atoms in total. The van der Waals surface area contributed by atoms with Crippen molar-refractivity contribution in [1.82, 2.24) is 10.2 Å². The maximum Gasteiger partial charge on any atom is 0.225 e. The van der Waals surface area contributed by atoms with Crippen molar-refractivity contribution in [3.05, 3.63) is 0 Å². The van der Waals surface area contributed by atoms with Gasteiger partial charge in [0.1, 0.15) is 0 Å². The second-order valence-electron chi connectivity index (χ2n) is 5.53. The van der Waals surface area contributed by atoms with Gasteiger partial charge in [0.25, 0.3) is 0 Å². The van der Waals surface area contributed by atoms with Crippen LogP contribution in [-0.4, -0.2) is 44.0 Å². The van der Waals surface area contributed by atoms with Gasteiger partial charge in [-0.3, -0.25) is 4.79 Å². The fourth-order valence-corrected chi connectivity index (χ4v) is 3.25. The van der Waals surface area contributed by atoms with E-state index in [9.17, 15) is 4.79 Å². The van der Waals surface area contributed by atoms with Crippen LogP contribution in [0.1, 0.15) is 19.3 Å². The molecule has 2 saturated carbocycles. The summed E-state index contributed by atoms with van der Waals surface area (Å²) in [5.41, 5.74) is 6.13. The number of carbonyl (C=O) groups excluding carboxylic acids is 1. The molecule has 4 unspecified atom stereocenters. The van der Waals surface area contributed by atoms with E-state index in [0.717, 1.165) is 13.1 Å². The molecular formula is C12H24ClN3O. The van der Waals surface area contributed by atoms with Crippen LogP contribution >= 0.6 is 12.4 Å². The van der Waals surface area contributed by atoms with Crippen molar-refractivity contribution in [2.75, 3.05) is 27.2 Å². The highest BCUT2D eigenvalue weighted by atomic mass is 35.5.